The molecule has 2 fully saturated rings. The number of hydrogen-bond donors (Lipinski definition) is 2. The number of ether oxygens (including phenoxy) is 2. The maximum atomic E-state index is 12.2. The fourth-order valence-corrected chi connectivity index (χ4v) is 2.95. The lowest BCUT2D eigenvalue weighted by Crippen LogP contribution is -2.52. The molecule has 1 aromatic heterocycles. The molecule has 2 atom stereocenters. The summed E-state index contributed by atoms with van der Waals surface area (Å²) in [6, 6.07) is -0.819. The standard InChI is InChI=1S/C16H22N4O6/c1-9-11(10(2)26-19-9)7-25-13-8-24-4-3-12(13)18-14(21)6-20-15(22)5-17-16(20)23/h12-13H,3-8H2,1-2H3,(H,17,23)(H,18,21)/t12-,13-/m1/s1. The Morgan fingerprint density at radius 3 is 2.88 bits per heavy atom. The summed E-state index contributed by atoms with van der Waals surface area (Å²) in [7, 11) is 0. The first-order chi connectivity index (χ1) is 12.5. The molecule has 0 saturated carbocycles. The second kappa shape index (κ2) is 7.83. The highest BCUT2D eigenvalue weighted by atomic mass is 16.5. The Morgan fingerprint density at radius 2 is 2.23 bits per heavy atom. The van der Waals surface area contributed by atoms with Gasteiger partial charge in [-0.3, -0.25) is 14.5 Å². The van der Waals surface area contributed by atoms with Gasteiger partial charge in [-0.25, -0.2) is 4.79 Å². The van der Waals surface area contributed by atoms with E-state index >= 15 is 0 Å². The highest BCUT2D eigenvalue weighted by molar-refractivity contribution is 6.04. The molecule has 3 heterocycles. The van der Waals surface area contributed by atoms with Gasteiger partial charge in [-0.15, -0.1) is 0 Å². The maximum absolute atomic E-state index is 12.2. The van der Waals surface area contributed by atoms with E-state index in [1.54, 1.807) is 0 Å². The Morgan fingerprint density at radius 1 is 1.42 bits per heavy atom. The lowest BCUT2D eigenvalue weighted by molar-refractivity contribution is -0.133. The van der Waals surface area contributed by atoms with Gasteiger partial charge in [-0.2, -0.15) is 0 Å². The van der Waals surface area contributed by atoms with E-state index in [0.717, 1.165) is 16.2 Å². The van der Waals surface area contributed by atoms with Crippen LogP contribution in [0.5, 0.6) is 0 Å². The fraction of sp³-hybridized carbons (Fsp3) is 0.625. The predicted molar refractivity (Wildman–Crippen MR) is 87.0 cm³/mol. The number of carbonyl (C=O) groups excluding carboxylic acids is 3. The average molecular weight is 366 g/mol. The van der Waals surface area contributed by atoms with Crippen molar-refractivity contribution in [3.63, 3.8) is 0 Å². The van der Waals surface area contributed by atoms with Crippen molar-refractivity contribution in [2.45, 2.75) is 39.0 Å². The third-order valence-corrected chi connectivity index (χ3v) is 4.51. The molecule has 10 nitrogen and oxygen atoms in total. The van der Waals surface area contributed by atoms with Gasteiger partial charge in [0.05, 0.1) is 31.5 Å². The number of amides is 4. The van der Waals surface area contributed by atoms with Crippen LogP contribution in [0.25, 0.3) is 0 Å². The van der Waals surface area contributed by atoms with E-state index in [-0.39, 0.29) is 25.2 Å². The van der Waals surface area contributed by atoms with Crippen molar-refractivity contribution in [2.24, 2.45) is 0 Å². The molecule has 142 valence electrons. The lowest BCUT2D eigenvalue weighted by Gasteiger charge is -2.32. The largest absolute Gasteiger partial charge is 0.379 e. The number of carbonyl (C=O) groups is 3. The van der Waals surface area contributed by atoms with Crippen LogP contribution in [0.4, 0.5) is 4.79 Å². The molecule has 0 bridgehead atoms. The van der Waals surface area contributed by atoms with E-state index in [2.05, 4.69) is 15.8 Å². The van der Waals surface area contributed by atoms with Crippen molar-refractivity contribution < 1.29 is 28.4 Å². The number of aromatic nitrogens is 1. The zero-order valence-electron chi connectivity index (χ0n) is 14.7. The third-order valence-electron chi connectivity index (χ3n) is 4.51. The summed E-state index contributed by atoms with van der Waals surface area (Å²) in [6.45, 7) is 4.41. The van der Waals surface area contributed by atoms with Crippen LogP contribution in [0.15, 0.2) is 4.52 Å². The summed E-state index contributed by atoms with van der Waals surface area (Å²) in [5, 5.41) is 9.11. The van der Waals surface area contributed by atoms with Gasteiger partial charge in [0.15, 0.2) is 0 Å². The monoisotopic (exact) mass is 366 g/mol. The second-order valence-corrected chi connectivity index (χ2v) is 6.33. The van der Waals surface area contributed by atoms with Gasteiger partial charge in [0.1, 0.15) is 18.4 Å². The van der Waals surface area contributed by atoms with Crippen LogP contribution >= 0.6 is 0 Å². The molecule has 1 aromatic rings. The lowest BCUT2D eigenvalue weighted by atomic mass is 10.1. The SMILES string of the molecule is Cc1noc(C)c1CO[C@@H]1COCC[C@H]1NC(=O)CN1C(=O)CNC1=O. The molecule has 0 aliphatic carbocycles. The van der Waals surface area contributed by atoms with Gasteiger partial charge in [0.2, 0.25) is 5.91 Å². The minimum atomic E-state index is -0.552. The Kier molecular flexibility index (Phi) is 5.52. The Balaban J connectivity index is 1.55. The van der Waals surface area contributed by atoms with E-state index < -0.39 is 17.8 Å². The molecule has 4 amide bonds. The second-order valence-electron chi connectivity index (χ2n) is 6.33. The van der Waals surface area contributed by atoms with Crippen LogP contribution in [0.1, 0.15) is 23.4 Å². The van der Waals surface area contributed by atoms with E-state index in [4.69, 9.17) is 14.0 Å². The first-order valence-corrected chi connectivity index (χ1v) is 8.44. The molecular formula is C16H22N4O6. The van der Waals surface area contributed by atoms with Crippen LogP contribution in [0.3, 0.4) is 0 Å². The van der Waals surface area contributed by atoms with Crippen molar-refractivity contribution >= 4 is 17.8 Å². The van der Waals surface area contributed by atoms with Crippen LogP contribution in [0, 0.1) is 13.8 Å². The minimum Gasteiger partial charge on any atom is -0.379 e. The van der Waals surface area contributed by atoms with Gasteiger partial charge >= 0.3 is 6.03 Å². The van der Waals surface area contributed by atoms with Crippen molar-refractivity contribution in [2.75, 3.05) is 26.3 Å². The normalized spacial score (nSPS) is 23.2. The number of nitrogens with zero attached hydrogens (tertiary/aromatic N) is 2. The van der Waals surface area contributed by atoms with Crippen LogP contribution in [-0.4, -0.2) is 66.4 Å². The van der Waals surface area contributed by atoms with Crippen molar-refractivity contribution in [1.29, 1.82) is 0 Å². The smallest absolute Gasteiger partial charge is 0.325 e. The molecule has 2 N–H and O–H groups in total. The molecule has 26 heavy (non-hydrogen) atoms. The molecule has 2 aliphatic heterocycles. The summed E-state index contributed by atoms with van der Waals surface area (Å²) in [6.07, 6.45) is 0.238. The summed E-state index contributed by atoms with van der Waals surface area (Å²) >= 11 is 0. The molecule has 0 aromatic carbocycles. The van der Waals surface area contributed by atoms with Crippen LogP contribution < -0.4 is 10.6 Å². The Labute approximate surface area is 150 Å². The predicted octanol–water partition coefficient (Wildman–Crippen LogP) is -0.366. The number of urea groups is 1. The van der Waals surface area contributed by atoms with Gasteiger partial charge in [-0.05, 0) is 20.3 Å². The molecule has 0 unspecified atom stereocenters. The molecule has 3 rings (SSSR count). The number of imide groups is 1. The van der Waals surface area contributed by atoms with Crippen LogP contribution in [0.2, 0.25) is 0 Å². The topological polar surface area (TPSA) is 123 Å². The number of aryl methyl sites for hydroxylation is 2. The molecule has 2 aliphatic rings. The first kappa shape index (κ1) is 18.3. The van der Waals surface area contributed by atoms with E-state index in [1.807, 2.05) is 13.8 Å². The highest BCUT2D eigenvalue weighted by Crippen LogP contribution is 2.18. The number of hydrogen-bond acceptors (Lipinski definition) is 7. The van der Waals surface area contributed by atoms with E-state index in [1.165, 1.54) is 0 Å². The van der Waals surface area contributed by atoms with Gasteiger partial charge in [-0.1, -0.05) is 5.16 Å². The zero-order chi connectivity index (χ0) is 18.7. The minimum absolute atomic E-state index is 0.0768. The number of nitrogens with one attached hydrogen (secondary N) is 2. The summed E-state index contributed by atoms with van der Waals surface area (Å²) < 4.78 is 16.5. The van der Waals surface area contributed by atoms with E-state index in [9.17, 15) is 14.4 Å². The third kappa shape index (κ3) is 4.02. The maximum Gasteiger partial charge on any atom is 0.325 e. The number of rotatable bonds is 6. The fourth-order valence-electron chi connectivity index (χ4n) is 2.95. The average Bonchev–Trinajstić information content (AvgIpc) is 3.10. The van der Waals surface area contributed by atoms with Gasteiger partial charge < -0.3 is 24.6 Å². The molecule has 0 spiro atoms. The van der Waals surface area contributed by atoms with Crippen molar-refractivity contribution in [3.05, 3.63) is 17.0 Å². The summed E-state index contributed by atoms with van der Waals surface area (Å²) in [4.78, 5) is 36.2. The first-order valence-electron chi connectivity index (χ1n) is 8.44. The summed E-state index contributed by atoms with van der Waals surface area (Å²) in [5.41, 5.74) is 1.64. The molecule has 0 radical (unpaired) electrons. The summed E-state index contributed by atoms with van der Waals surface area (Å²) in [5.74, 6) is -0.130. The molecule has 10 heteroatoms. The van der Waals surface area contributed by atoms with Crippen molar-refractivity contribution in [3.8, 4) is 0 Å². The van der Waals surface area contributed by atoms with E-state index in [0.29, 0.717) is 32.0 Å². The molecule has 2 saturated heterocycles. The Bertz CT molecular complexity index is 667. The van der Waals surface area contributed by atoms with Gasteiger partial charge in [0, 0.05) is 12.2 Å². The molecular weight excluding hydrogens is 344 g/mol. The van der Waals surface area contributed by atoms with Crippen LogP contribution in [-0.2, 0) is 25.7 Å². The quantitative estimate of drug-likeness (QED) is 0.659. The van der Waals surface area contributed by atoms with Crippen molar-refractivity contribution in [1.82, 2.24) is 20.7 Å². The highest BCUT2D eigenvalue weighted by Gasteiger charge is 2.33. The Hall–Kier alpha value is -2.46. The van der Waals surface area contributed by atoms with Gasteiger partial charge in [0.25, 0.3) is 5.91 Å². The zero-order valence-corrected chi connectivity index (χ0v) is 14.7.